The molecule has 4 rings (SSSR count). The Morgan fingerprint density at radius 3 is 2.58 bits per heavy atom. The fourth-order valence-electron chi connectivity index (χ4n) is 3.82. The zero-order valence-corrected chi connectivity index (χ0v) is 14.5. The standard InChI is InChI=1S/C18H23N3O2.ClH/c19-18(10-4-5-11-18)17-20-16(23-21-17)14-9-6-12-22-15(14)13-7-2-1-3-8-13;/h1-3,7-8,14-15H,4-6,9-12,19H2;1H. The number of rotatable bonds is 3. The van der Waals surface area contributed by atoms with Crippen molar-refractivity contribution in [2.45, 2.75) is 56.1 Å². The van der Waals surface area contributed by atoms with E-state index < -0.39 is 5.54 Å². The molecule has 5 nitrogen and oxygen atoms in total. The third-order valence-electron chi connectivity index (χ3n) is 5.15. The molecule has 0 radical (unpaired) electrons. The molecule has 2 heterocycles. The Balaban J connectivity index is 0.00000169. The number of hydrogen-bond acceptors (Lipinski definition) is 5. The number of benzene rings is 1. The zero-order chi connectivity index (χ0) is 15.7. The van der Waals surface area contributed by atoms with Gasteiger partial charge in [-0.15, -0.1) is 12.4 Å². The lowest BCUT2D eigenvalue weighted by Gasteiger charge is -2.29. The van der Waals surface area contributed by atoms with E-state index in [1.165, 1.54) is 5.56 Å². The number of hydrogen-bond donors (Lipinski definition) is 1. The molecular formula is C18H24ClN3O2. The van der Waals surface area contributed by atoms with Crippen LogP contribution < -0.4 is 5.73 Å². The van der Waals surface area contributed by atoms with Gasteiger partial charge in [0.1, 0.15) is 0 Å². The summed E-state index contributed by atoms with van der Waals surface area (Å²) in [6.45, 7) is 0.776. The largest absolute Gasteiger partial charge is 0.373 e. The average molecular weight is 350 g/mol. The number of aromatic nitrogens is 2. The van der Waals surface area contributed by atoms with Gasteiger partial charge in [0, 0.05) is 6.61 Å². The van der Waals surface area contributed by atoms with Crippen molar-refractivity contribution in [2.24, 2.45) is 5.73 Å². The summed E-state index contributed by atoms with van der Waals surface area (Å²) in [7, 11) is 0. The molecule has 24 heavy (non-hydrogen) atoms. The predicted molar refractivity (Wildman–Crippen MR) is 93.0 cm³/mol. The summed E-state index contributed by atoms with van der Waals surface area (Å²) in [5, 5.41) is 4.21. The predicted octanol–water partition coefficient (Wildman–Crippen LogP) is 3.85. The second-order valence-corrected chi connectivity index (χ2v) is 6.77. The van der Waals surface area contributed by atoms with Crippen LogP contribution in [-0.4, -0.2) is 16.7 Å². The van der Waals surface area contributed by atoms with Gasteiger partial charge in [-0.25, -0.2) is 0 Å². The molecule has 2 atom stereocenters. The van der Waals surface area contributed by atoms with E-state index >= 15 is 0 Å². The lowest BCUT2D eigenvalue weighted by molar-refractivity contribution is -0.0103. The van der Waals surface area contributed by atoms with Crippen LogP contribution in [0.4, 0.5) is 0 Å². The molecule has 2 N–H and O–H groups in total. The third kappa shape index (κ3) is 3.21. The quantitative estimate of drug-likeness (QED) is 0.910. The fraction of sp³-hybridized carbons (Fsp3) is 0.556. The Morgan fingerprint density at radius 1 is 1.08 bits per heavy atom. The zero-order valence-electron chi connectivity index (χ0n) is 13.7. The minimum Gasteiger partial charge on any atom is -0.373 e. The van der Waals surface area contributed by atoms with Crippen LogP contribution in [0, 0.1) is 0 Å². The Bertz CT molecular complexity index is 655. The first-order valence-corrected chi connectivity index (χ1v) is 8.56. The first-order chi connectivity index (χ1) is 11.3. The maximum Gasteiger partial charge on any atom is 0.232 e. The van der Waals surface area contributed by atoms with Crippen molar-refractivity contribution >= 4 is 12.4 Å². The van der Waals surface area contributed by atoms with Crippen LogP contribution in [0.5, 0.6) is 0 Å². The van der Waals surface area contributed by atoms with Crippen molar-refractivity contribution in [1.82, 2.24) is 10.1 Å². The smallest absolute Gasteiger partial charge is 0.232 e. The maximum atomic E-state index is 6.45. The summed E-state index contributed by atoms with van der Waals surface area (Å²) in [5.74, 6) is 1.45. The van der Waals surface area contributed by atoms with Crippen molar-refractivity contribution in [3.63, 3.8) is 0 Å². The summed E-state index contributed by atoms with van der Waals surface area (Å²) in [6.07, 6.45) is 6.15. The van der Waals surface area contributed by atoms with Crippen LogP contribution in [0.25, 0.3) is 0 Å². The summed E-state index contributed by atoms with van der Waals surface area (Å²) >= 11 is 0. The van der Waals surface area contributed by atoms with Crippen molar-refractivity contribution < 1.29 is 9.26 Å². The molecule has 1 saturated heterocycles. The average Bonchev–Trinajstić information content (AvgIpc) is 3.26. The van der Waals surface area contributed by atoms with Gasteiger partial charge in [0.05, 0.1) is 17.6 Å². The minimum absolute atomic E-state index is 0. The molecule has 0 amide bonds. The van der Waals surface area contributed by atoms with Crippen molar-refractivity contribution in [1.29, 1.82) is 0 Å². The minimum atomic E-state index is -0.403. The van der Waals surface area contributed by atoms with E-state index in [0.717, 1.165) is 45.1 Å². The normalized spacial score (nSPS) is 26.0. The second kappa shape index (κ2) is 7.21. The topological polar surface area (TPSA) is 74.2 Å². The van der Waals surface area contributed by atoms with Crippen molar-refractivity contribution in [3.8, 4) is 0 Å². The van der Waals surface area contributed by atoms with E-state index in [1.54, 1.807) is 0 Å². The van der Waals surface area contributed by atoms with E-state index in [2.05, 4.69) is 22.3 Å². The van der Waals surface area contributed by atoms with Crippen LogP contribution in [0.3, 0.4) is 0 Å². The van der Waals surface area contributed by atoms with Gasteiger partial charge in [0.15, 0.2) is 5.82 Å². The molecule has 2 fully saturated rings. The molecule has 2 unspecified atom stereocenters. The molecular weight excluding hydrogens is 326 g/mol. The SMILES string of the molecule is Cl.NC1(c2noc(C3CCCOC3c3ccccc3)n2)CCCC1. The number of ether oxygens (including phenoxy) is 1. The van der Waals surface area contributed by atoms with Gasteiger partial charge in [-0.1, -0.05) is 48.3 Å². The van der Waals surface area contributed by atoms with E-state index in [0.29, 0.717) is 11.7 Å². The Morgan fingerprint density at radius 2 is 1.83 bits per heavy atom. The number of halogens is 1. The Kier molecular flexibility index (Phi) is 5.23. The molecule has 1 aromatic heterocycles. The molecule has 0 spiro atoms. The van der Waals surface area contributed by atoms with Crippen molar-refractivity contribution in [3.05, 3.63) is 47.6 Å². The molecule has 0 bridgehead atoms. The highest BCUT2D eigenvalue weighted by atomic mass is 35.5. The molecule has 1 saturated carbocycles. The highest BCUT2D eigenvalue weighted by molar-refractivity contribution is 5.85. The Hall–Kier alpha value is -1.43. The number of nitrogens with two attached hydrogens (primary N) is 1. The van der Waals surface area contributed by atoms with Gasteiger partial charge in [-0.3, -0.25) is 0 Å². The van der Waals surface area contributed by atoms with Gasteiger partial charge in [0.2, 0.25) is 5.89 Å². The van der Waals surface area contributed by atoms with Crippen LogP contribution in [0.2, 0.25) is 0 Å². The van der Waals surface area contributed by atoms with Crippen LogP contribution in [-0.2, 0) is 10.3 Å². The Labute approximate surface area is 148 Å². The molecule has 2 aromatic rings. The summed E-state index contributed by atoms with van der Waals surface area (Å²) in [4.78, 5) is 4.68. The van der Waals surface area contributed by atoms with E-state index in [1.807, 2.05) is 18.2 Å². The first-order valence-electron chi connectivity index (χ1n) is 8.56. The lowest BCUT2D eigenvalue weighted by Crippen LogP contribution is -2.34. The highest BCUT2D eigenvalue weighted by Crippen LogP contribution is 2.41. The van der Waals surface area contributed by atoms with Crippen LogP contribution in [0.1, 0.15) is 67.8 Å². The summed E-state index contributed by atoms with van der Waals surface area (Å²) in [5.41, 5.74) is 7.22. The van der Waals surface area contributed by atoms with Gasteiger partial charge in [-0.2, -0.15) is 4.98 Å². The molecule has 1 aliphatic carbocycles. The van der Waals surface area contributed by atoms with Gasteiger partial charge in [0.25, 0.3) is 0 Å². The summed E-state index contributed by atoms with van der Waals surface area (Å²) < 4.78 is 11.6. The molecule has 130 valence electrons. The van der Waals surface area contributed by atoms with Gasteiger partial charge < -0.3 is 15.0 Å². The van der Waals surface area contributed by atoms with Gasteiger partial charge >= 0.3 is 0 Å². The first kappa shape index (κ1) is 17.4. The van der Waals surface area contributed by atoms with Crippen LogP contribution >= 0.6 is 12.4 Å². The molecule has 1 aromatic carbocycles. The summed E-state index contributed by atoms with van der Waals surface area (Å²) in [6, 6.07) is 10.3. The van der Waals surface area contributed by atoms with Gasteiger partial charge in [-0.05, 0) is 31.2 Å². The van der Waals surface area contributed by atoms with E-state index in [-0.39, 0.29) is 24.4 Å². The van der Waals surface area contributed by atoms with E-state index in [9.17, 15) is 0 Å². The molecule has 2 aliphatic rings. The fourth-order valence-corrected chi connectivity index (χ4v) is 3.82. The highest BCUT2D eigenvalue weighted by Gasteiger charge is 2.38. The molecule has 1 aliphatic heterocycles. The number of nitrogens with zero attached hydrogens (tertiary/aromatic N) is 2. The monoisotopic (exact) mass is 349 g/mol. The maximum absolute atomic E-state index is 6.45. The van der Waals surface area contributed by atoms with Crippen molar-refractivity contribution in [2.75, 3.05) is 6.61 Å². The third-order valence-corrected chi connectivity index (χ3v) is 5.15. The molecule has 6 heteroatoms. The lowest BCUT2D eigenvalue weighted by atomic mass is 9.89. The second-order valence-electron chi connectivity index (χ2n) is 6.77. The van der Waals surface area contributed by atoms with Crippen LogP contribution in [0.15, 0.2) is 34.9 Å². The van der Waals surface area contributed by atoms with E-state index in [4.69, 9.17) is 15.0 Å².